The Bertz CT molecular complexity index is 1130. The van der Waals surface area contributed by atoms with Gasteiger partial charge in [0.15, 0.2) is 0 Å². The molecule has 0 aliphatic carbocycles. The third-order valence-electron chi connectivity index (χ3n) is 4.76. The van der Waals surface area contributed by atoms with E-state index in [0.717, 1.165) is 5.56 Å². The molecule has 8 heteroatoms. The lowest BCUT2D eigenvalue weighted by Gasteiger charge is -2.25. The Labute approximate surface area is 157 Å². The van der Waals surface area contributed by atoms with Crippen molar-refractivity contribution in [3.63, 3.8) is 0 Å². The van der Waals surface area contributed by atoms with Crippen molar-refractivity contribution in [2.45, 2.75) is 24.4 Å². The second kappa shape index (κ2) is 6.71. The van der Waals surface area contributed by atoms with Crippen molar-refractivity contribution in [1.82, 2.24) is 14.1 Å². The van der Waals surface area contributed by atoms with E-state index in [1.54, 1.807) is 12.1 Å². The van der Waals surface area contributed by atoms with Gasteiger partial charge in [0.2, 0.25) is 10.0 Å². The number of hydrogen-bond acceptors (Lipinski definition) is 4. The predicted molar refractivity (Wildman–Crippen MR) is 103 cm³/mol. The van der Waals surface area contributed by atoms with E-state index in [4.69, 9.17) is 5.73 Å². The largest absolute Gasteiger partial charge is 0.399 e. The Morgan fingerprint density at radius 3 is 2.59 bits per heavy atom. The first-order chi connectivity index (χ1) is 12.9. The minimum absolute atomic E-state index is 0.0881. The maximum atomic E-state index is 12.9. The highest BCUT2D eigenvalue weighted by molar-refractivity contribution is 7.89. The van der Waals surface area contributed by atoms with Crippen LogP contribution in [0.5, 0.6) is 0 Å². The maximum Gasteiger partial charge on any atom is 0.270 e. The Balaban J connectivity index is 1.62. The molecule has 1 aliphatic heterocycles. The molecule has 1 aromatic heterocycles. The van der Waals surface area contributed by atoms with Crippen LogP contribution in [0.4, 0.5) is 5.69 Å². The summed E-state index contributed by atoms with van der Waals surface area (Å²) >= 11 is 0. The van der Waals surface area contributed by atoms with E-state index >= 15 is 0 Å². The van der Waals surface area contributed by atoms with Gasteiger partial charge in [-0.05, 0) is 30.2 Å². The summed E-state index contributed by atoms with van der Waals surface area (Å²) in [6.45, 7) is 0.834. The first-order valence-electron chi connectivity index (χ1n) is 8.65. The molecule has 0 amide bonds. The van der Waals surface area contributed by atoms with E-state index < -0.39 is 10.0 Å². The molecular formula is C19H20N4O3S. The van der Waals surface area contributed by atoms with E-state index in [1.807, 2.05) is 30.3 Å². The molecule has 7 nitrogen and oxygen atoms in total. The minimum Gasteiger partial charge on any atom is -0.399 e. The number of aromatic amines is 1. The summed E-state index contributed by atoms with van der Waals surface area (Å²) in [5, 5.41) is 3.09. The third-order valence-corrected chi connectivity index (χ3v) is 6.60. The van der Waals surface area contributed by atoms with Gasteiger partial charge in [0.25, 0.3) is 5.56 Å². The van der Waals surface area contributed by atoms with Gasteiger partial charge in [-0.3, -0.25) is 9.89 Å². The van der Waals surface area contributed by atoms with Gasteiger partial charge in [-0.25, -0.2) is 13.1 Å². The summed E-state index contributed by atoms with van der Waals surface area (Å²) in [6.07, 6.45) is 0.383. The van der Waals surface area contributed by atoms with Crippen LogP contribution in [0.3, 0.4) is 0 Å². The quantitative estimate of drug-likeness (QED) is 0.667. The van der Waals surface area contributed by atoms with Gasteiger partial charge in [-0.1, -0.05) is 36.4 Å². The van der Waals surface area contributed by atoms with Crippen LogP contribution in [-0.4, -0.2) is 29.0 Å². The van der Waals surface area contributed by atoms with Crippen LogP contribution in [-0.2, 0) is 29.5 Å². The lowest BCUT2D eigenvalue weighted by molar-refractivity contribution is 0.386. The molecule has 0 bridgehead atoms. The first kappa shape index (κ1) is 17.6. The van der Waals surface area contributed by atoms with E-state index in [1.165, 1.54) is 21.1 Å². The molecule has 1 aliphatic rings. The minimum atomic E-state index is -3.67. The summed E-state index contributed by atoms with van der Waals surface area (Å²) in [7, 11) is -3.67. The molecule has 2 heterocycles. The van der Waals surface area contributed by atoms with Crippen LogP contribution in [0, 0.1) is 0 Å². The molecule has 0 spiro atoms. The van der Waals surface area contributed by atoms with Crippen molar-refractivity contribution in [2.24, 2.45) is 0 Å². The van der Waals surface area contributed by atoms with Crippen LogP contribution >= 0.6 is 0 Å². The number of nitrogens with one attached hydrogen (secondary N) is 1. The second-order valence-electron chi connectivity index (χ2n) is 6.61. The molecule has 3 N–H and O–H groups in total. The van der Waals surface area contributed by atoms with Gasteiger partial charge < -0.3 is 5.73 Å². The molecule has 0 radical (unpaired) electrons. The molecule has 0 saturated carbocycles. The summed E-state index contributed by atoms with van der Waals surface area (Å²) in [6, 6.07) is 15.9. The molecule has 140 valence electrons. The number of fused-ring (bicyclic) bond motifs is 1. The number of H-pyrrole nitrogens is 1. The molecule has 2 aromatic carbocycles. The molecular weight excluding hydrogens is 364 g/mol. The zero-order chi connectivity index (χ0) is 19.0. The zero-order valence-corrected chi connectivity index (χ0v) is 15.4. The molecule has 4 rings (SSSR count). The Morgan fingerprint density at radius 2 is 1.85 bits per heavy atom. The zero-order valence-electron chi connectivity index (χ0n) is 14.6. The number of sulfonamides is 1. The summed E-state index contributed by atoms with van der Waals surface area (Å²) < 4.78 is 28.7. The molecule has 0 saturated heterocycles. The second-order valence-corrected chi connectivity index (χ2v) is 8.54. The van der Waals surface area contributed by atoms with Crippen molar-refractivity contribution >= 4 is 15.7 Å². The van der Waals surface area contributed by atoms with Crippen molar-refractivity contribution in [1.29, 1.82) is 0 Å². The van der Waals surface area contributed by atoms with Crippen molar-refractivity contribution in [3.8, 4) is 0 Å². The molecule has 27 heavy (non-hydrogen) atoms. The SMILES string of the molecule is Nc1cccc(S(=O)(=O)N2CCc3c([nH]n(Cc4ccccc4)c3=O)C2)c1. The van der Waals surface area contributed by atoms with Gasteiger partial charge in [0.1, 0.15) is 0 Å². The normalized spacial score (nSPS) is 14.8. The van der Waals surface area contributed by atoms with Crippen molar-refractivity contribution in [3.05, 3.63) is 81.8 Å². The molecule has 0 unspecified atom stereocenters. The van der Waals surface area contributed by atoms with Gasteiger partial charge in [-0.2, -0.15) is 4.31 Å². The highest BCUT2D eigenvalue weighted by atomic mass is 32.2. The van der Waals surface area contributed by atoms with E-state index in [-0.39, 0.29) is 23.5 Å². The average Bonchev–Trinajstić information content (AvgIpc) is 2.97. The number of nitrogen functional groups attached to an aromatic ring is 1. The monoisotopic (exact) mass is 384 g/mol. The van der Waals surface area contributed by atoms with Gasteiger partial charge >= 0.3 is 0 Å². The number of anilines is 1. The predicted octanol–water partition coefficient (Wildman–Crippen LogP) is 1.55. The highest BCUT2D eigenvalue weighted by Gasteiger charge is 2.31. The van der Waals surface area contributed by atoms with E-state index in [9.17, 15) is 13.2 Å². The summed E-state index contributed by atoms with van der Waals surface area (Å²) in [5.41, 5.74) is 8.34. The summed E-state index contributed by atoms with van der Waals surface area (Å²) in [5.74, 6) is 0. The van der Waals surface area contributed by atoms with Crippen LogP contribution in [0.15, 0.2) is 64.3 Å². The van der Waals surface area contributed by atoms with Crippen LogP contribution in [0.2, 0.25) is 0 Å². The first-order valence-corrected chi connectivity index (χ1v) is 10.1. The third kappa shape index (κ3) is 3.29. The molecule has 0 atom stereocenters. The smallest absolute Gasteiger partial charge is 0.270 e. The fourth-order valence-corrected chi connectivity index (χ4v) is 4.82. The Morgan fingerprint density at radius 1 is 1.07 bits per heavy atom. The number of aromatic nitrogens is 2. The lowest BCUT2D eigenvalue weighted by Crippen LogP contribution is -2.37. The average molecular weight is 384 g/mol. The van der Waals surface area contributed by atoms with E-state index in [0.29, 0.717) is 29.9 Å². The van der Waals surface area contributed by atoms with Gasteiger partial charge in [0.05, 0.1) is 23.7 Å². The number of nitrogens with zero attached hydrogens (tertiary/aromatic N) is 2. The highest BCUT2D eigenvalue weighted by Crippen LogP contribution is 2.24. The fourth-order valence-electron chi connectivity index (χ4n) is 3.36. The van der Waals surface area contributed by atoms with Gasteiger partial charge in [0, 0.05) is 17.8 Å². The summed E-state index contributed by atoms with van der Waals surface area (Å²) in [4.78, 5) is 12.8. The number of benzene rings is 2. The standard InChI is InChI=1S/C19H20N4O3S/c20-15-7-4-8-16(11-15)27(25,26)22-10-9-17-18(13-22)21-23(19(17)24)12-14-5-2-1-3-6-14/h1-8,11,21H,9-10,12-13,20H2. The molecule has 0 fully saturated rings. The maximum absolute atomic E-state index is 12.9. The van der Waals surface area contributed by atoms with Crippen molar-refractivity contribution < 1.29 is 8.42 Å². The Kier molecular flexibility index (Phi) is 4.37. The number of hydrogen-bond donors (Lipinski definition) is 2. The van der Waals surface area contributed by atoms with E-state index in [2.05, 4.69) is 5.10 Å². The molecule has 3 aromatic rings. The number of nitrogens with two attached hydrogens (primary N) is 1. The van der Waals surface area contributed by atoms with Gasteiger partial charge in [-0.15, -0.1) is 0 Å². The van der Waals surface area contributed by atoms with Crippen LogP contribution in [0.1, 0.15) is 16.8 Å². The van der Waals surface area contributed by atoms with Crippen LogP contribution < -0.4 is 11.3 Å². The van der Waals surface area contributed by atoms with Crippen LogP contribution in [0.25, 0.3) is 0 Å². The fraction of sp³-hybridized carbons (Fsp3) is 0.211. The Hall–Kier alpha value is -2.84. The lowest BCUT2D eigenvalue weighted by atomic mass is 10.1. The van der Waals surface area contributed by atoms with Crippen molar-refractivity contribution in [2.75, 3.05) is 12.3 Å². The number of rotatable bonds is 4. The topological polar surface area (TPSA) is 101 Å².